The molecule has 0 saturated heterocycles. The van der Waals surface area contributed by atoms with Crippen molar-refractivity contribution in [2.24, 2.45) is 5.92 Å². The SMILES string of the molecule is CCCC[C@H](CC)CCN[C@@H]1CCC[C@@H]([S@](=O)CC)C1. The molecule has 0 radical (unpaired) electrons. The van der Waals surface area contributed by atoms with Gasteiger partial charge in [0.2, 0.25) is 0 Å². The normalized spacial score (nSPS) is 26.4. The molecule has 2 nitrogen and oxygen atoms in total. The number of nitrogens with one attached hydrogen (secondary N) is 1. The quantitative estimate of drug-likeness (QED) is 0.653. The largest absolute Gasteiger partial charge is 0.314 e. The highest BCUT2D eigenvalue weighted by Crippen LogP contribution is 2.23. The highest BCUT2D eigenvalue weighted by molar-refractivity contribution is 7.85. The summed E-state index contributed by atoms with van der Waals surface area (Å²) in [4.78, 5) is 0. The molecule has 1 saturated carbocycles. The summed E-state index contributed by atoms with van der Waals surface area (Å²) in [5.41, 5.74) is 0. The third-order valence-corrected chi connectivity index (χ3v) is 6.55. The highest BCUT2D eigenvalue weighted by Gasteiger charge is 2.25. The van der Waals surface area contributed by atoms with Crippen LogP contribution in [0.3, 0.4) is 0 Å². The summed E-state index contributed by atoms with van der Waals surface area (Å²) in [6.07, 6.45) is 11.5. The molecular formula is C17H35NOS. The maximum absolute atomic E-state index is 11.9. The molecule has 1 aliphatic carbocycles. The molecule has 1 aliphatic rings. The topological polar surface area (TPSA) is 29.1 Å². The van der Waals surface area contributed by atoms with Gasteiger partial charge in [0.25, 0.3) is 0 Å². The minimum atomic E-state index is -0.594. The van der Waals surface area contributed by atoms with E-state index < -0.39 is 10.8 Å². The number of hydrogen-bond donors (Lipinski definition) is 1. The van der Waals surface area contributed by atoms with Gasteiger partial charge in [-0.1, -0.05) is 52.9 Å². The lowest BCUT2D eigenvalue weighted by atomic mass is 9.93. The molecule has 0 amide bonds. The molecule has 20 heavy (non-hydrogen) atoms. The lowest BCUT2D eigenvalue weighted by Gasteiger charge is -2.29. The Morgan fingerprint density at radius 2 is 2.00 bits per heavy atom. The first-order chi connectivity index (χ1) is 9.71. The number of rotatable bonds is 10. The summed E-state index contributed by atoms with van der Waals surface area (Å²) in [6, 6.07) is 0.618. The molecule has 1 fully saturated rings. The fraction of sp³-hybridized carbons (Fsp3) is 1.00. The average Bonchev–Trinajstić information content (AvgIpc) is 2.50. The highest BCUT2D eigenvalue weighted by atomic mass is 32.2. The van der Waals surface area contributed by atoms with Crippen molar-refractivity contribution in [3.8, 4) is 0 Å². The van der Waals surface area contributed by atoms with Crippen LogP contribution in [0, 0.1) is 5.92 Å². The molecule has 0 aliphatic heterocycles. The Labute approximate surface area is 128 Å². The predicted molar refractivity (Wildman–Crippen MR) is 90.7 cm³/mol. The second kappa shape index (κ2) is 10.8. The fourth-order valence-electron chi connectivity index (χ4n) is 3.34. The molecule has 120 valence electrons. The average molecular weight is 302 g/mol. The third kappa shape index (κ3) is 6.71. The Morgan fingerprint density at radius 1 is 1.20 bits per heavy atom. The summed E-state index contributed by atoms with van der Waals surface area (Å²) in [5.74, 6) is 1.72. The molecule has 0 aromatic heterocycles. The van der Waals surface area contributed by atoms with Crippen LogP contribution >= 0.6 is 0 Å². The Balaban J connectivity index is 2.21. The Hall–Kier alpha value is 0.110. The van der Waals surface area contributed by atoms with Crippen molar-refractivity contribution in [2.45, 2.75) is 89.9 Å². The van der Waals surface area contributed by atoms with E-state index in [9.17, 15) is 4.21 Å². The first-order valence-electron chi connectivity index (χ1n) is 8.81. The van der Waals surface area contributed by atoms with Gasteiger partial charge in [0.1, 0.15) is 0 Å². The molecule has 0 heterocycles. The van der Waals surface area contributed by atoms with Crippen LogP contribution in [0.15, 0.2) is 0 Å². The van der Waals surface area contributed by atoms with Crippen molar-refractivity contribution in [3.05, 3.63) is 0 Å². The van der Waals surface area contributed by atoms with Gasteiger partial charge < -0.3 is 5.32 Å². The molecule has 0 bridgehead atoms. The van der Waals surface area contributed by atoms with Gasteiger partial charge in [0, 0.05) is 27.8 Å². The molecule has 1 rings (SSSR count). The minimum absolute atomic E-state index is 0.452. The molecule has 0 unspecified atom stereocenters. The van der Waals surface area contributed by atoms with Crippen molar-refractivity contribution in [1.29, 1.82) is 0 Å². The van der Waals surface area contributed by atoms with E-state index in [4.69, 9.17) is 0 Å². The van der Waals surface area contributed by atoms with Crippen molar-refractivity contribution in [3.63, 3.8) is 0 Å². The summed E-state index contributed by atoms with van der Waals surface area (Å²) in [7, 11) is -0.594. The van der Waals surface area contributed by atoms with Crippen LogP contribution in [0.25, 0.3) is 0 Å². The Morgan fingerprint density at radius 3 is 2.65 bits per heavy atom. The standard InChI is InChI=1S/C17H35NOS/c1-4-7-9-15(5-2)12-13-18-16-10-8-11-17(14-16)20(19)6-3/h15-18H,4-14H2,1-3H3/t15-,16+,17+,20+/m0/s1. The van der Waals surface area contributed by atoms with E-state index in [1.165, 1.54) is 51.4 Å². The molecule has 1 N–H and O–H groups in total. The van der Waals surface area contributed by atoms with Crippen LogP contribution in [-0.4, -0.2) is 27.8 Å². The molecule has 0 aromatic rings. The van der Waals surface area contributed by atoms with Crippen LogP contribution in [0.2, 0.25) is 0 Å². The van der Waals surface area contributed by atoms with Gasteiger partial charge in [-0.3, -0.25) is 4.21 Å². The number of hydrogen-bond acceptors (Lipinski definition) is 2. The summed E-state index contributed by atoms with van der Waals surface area (Å²) in [5, 5.41) is 4.19. The van der Waals surface area contributed by atoms with E-state index in [2.05, 4.69) is 19.2 Å². The predicted octanol–water partition coefficient (Wildman–Crippen LogP) is 4.26. The summed E-state index contributed by atoms with van der Waals surface area (Å²) in [6.45, 7) is 7.80. The summed E-state index contributed by atoms with van der Waals surface area (Å²) >= 11 is 0. The van der Waals surface area contributed by atoms with Crippen molar-refractivity contribution in [2.75, 3.05) is 12.3 Å². The summed E-state index contributed by atoms with van der Waals surface area (Å²) < 4.78 is 11.9. The fourth-order valence-corrected chi connectivity index (χ4v) is 4.69. The first-order valence-corrected chi connectivity index (χ1v) is 10.2. The molecule has 4 atom stereocenters. The van der Waals surface area contributed by atoms with Gasteiger partial charge in [-0.05, 0) is 38.1 Å². The van der Waals surface area contributed by atoms with Gasteiger partial charge in [-0.15, -0.1) is 0 Å². The second-order valence-corrected chi connectivity index (χ2v) is 8.32. The van der Waals surface area contributed by atoms with Crippen molar-refractivity contribution in [1.82, 2.24) is 5.32 Å². The maximum Gasteiger partial charge on any atom is 0.0362 e. The van der Waals surface area contributed by atoms with E-state index in [1.807, 2.05) is 6.92 Å². The van der Waals surface area contributed by atoms with E-state index in [0.717, 1.165) is 24.6 Å². The molecule has 0 spiro atoms. The van der Waals surface area contributed by atoms with Crippen LogP contribution in [0.1, 0.15) is 78.6 Å². The van der Waals surface area contributed by atoms with Gasteiger partial charge in [-0.25, -0.2) is 0 Å². The molecule has 0 aromatic carbocycles. The van der Waals surface area contributed by atoms with Gasteiger partial charge in [0.15, 0.2) is 0 Å². The van der Waals surface area contributed by atoms with Crippen LogP contribution < -0.4 is 5.32 Å². The zero-order valence-corrected chi connectivity index (χ0v) is 14.6. The van der Waals surface area contributed by atoms with Gasteiger partial charge in [-0.2, -0.15) is 0 Å². The smallest absolute Gasteiger partial charge is 0.0362 e. The van der Waals surface area contributed by atoms with Crippen LogP contribution in [0.5, 0.6) is 0 Å². The lowest BCUT2D eigenvalue weighted by Crippen LogP contribution is -2.38. The molecular weight excluding hydrogens is 266 g/mol. The second-order valence-electron chi connectivity index (χ2n) is 6.31. The number of unbranched alkanes of at least 4 members (excludes halogenated alkanes) is 1. The third-order valence-electron chi connectivity index (χ3n) is 4.81. The maximum atomic E-state index is 11.9. The lowest BCUT2D eigenvalue weighted by molar-refractivity contribution is 0.347. The molecule has 3 heteroatoms. The Kier molecular flexibility index (Phi) is 9.79. The Bertz CT molecular complexity index is 270. The van der Waals surface area contributed by atoms with E-state index >= 15 is 0 Å². The first kappa shape index (κ1) is 18.2. The van der Waals surface area contributed by atoms with Crippen molar-refractivity contribution >= 4 is 10.8 Å². The van der Waals surface area contributed by atoms with Gasteiger partial charge >= 0.3 is 0 Å². The van der Waals surface area contributed by atoms with E-state index in [0.29, 0.717) is 11.3 Å². The zero-order valence-electron chi connectivity index (χ0n) is 13.8. The van der Waals surface area contributed by atoms with Crippen molar-refractivity contribution < 1.29 is 4.21 Å². The van der Waals surface area contributed by atoms with Crippen LogP contribution in [0.4, 0.5) is 0 Å². The van der Waals surface area contributed by atoms with Crippen LogP contribution in [-0.2, 0) is 10.8 Å². The zero-order chi connectivity index (χ0) is 14.8. The van der Waals surface area contributed by atoms with E-state index in [-0.39, 0.29) is 0 Å². The monoisotopic (exact) mass is 301 g/mol. The van der Waals surface area contributed by atoms with E-state index in [1.54, 1.807) is 0 Å². The minimum Gasteiger partial charge on any atom is -0.314 e. The van der Waals surface area contributed by atoms with Gasteiger partial charge in [0.05, 0.1) is 0 Å².